The Labute approximate surface area is 138 Å². The molecule has 2 aliphatic heterocycles. The van der Waals surface area contributed by atoms with Gasteiger partial charge in [0.2, 0.25) is 0 Å². The monoisotopic (exact) mass is 327 g/mol. The van der Waals surface area contributed by atoms with E-state index in [1.165, 1.54) is 6.07 Å². The van der Waals surface area contributed by atoms with Crippen LogP contribution in [0.3, 0.4) is 0 Å². The molecule has 23 heavy (non-hydrogen) atoms. The molecule has 1 N–H and O–H groups in total. The van der Waals surface area contributed by atoms with E-state index in [0.29, 0.717) is 10.6 Å². The number of hydrogen-bond donors (Lipinski definition) is 1. The van der Waals surface area contributed by atoms with Crippen molar-refractivity contribution in [3.05, 3.63) is 63.7 Å². The van der Waals surface area contributed by atoms with Gasteiger partial charge in [-0.1, -0.05) is 30.7 Å². The average Bonchev–Trinajstić information content (AvgIpc) is 2.81. The van der Waals surface area contributed by atoms with Crippen LogP contribution in [0.4, 0.5) is 5.69 Å². The Balaban J connectivity index is 1.94. The van der Waals surface area contributed by atoms with Crippen LogP contribution in [0.25, 0.3) is 0 Å². The molecule has 4 rings (SSSR count). The molecule has 5 heteroatoms. The van der Waals surface area contributed by atoms with Crippen LogP contribution in [-0.2, 0) is 0 Å². The highest BCUT2D eigenvalue weighted by Gasteiger charge is 2.44. The van der Waals surface area contributed by atoms with E-state index in [1.807, 2.05) is 18.2 Å². The Bertz CT molecular complexity index is 861. The molecule has 0 aromatic heterocycles. The van der Waals surface area contributed by atoms with Gasteiger partial charge in [-0.3, -0.25) is 4.79 Å². The van der Waals surface area contributed by atoms with E-state index in [2.05, 4.69) is 6.92 Å². The zero-order valence-electron chi connectivity index (χ0n) is 12.4. The minimum Gasteiger partial charge on any atom is -0.478 e. The van der Waals surface area contributed by atoms with E-state index in [9.17, 15) is 14.7 Å². The van der Waals surface area contributed by atoms with Crippen molar-refractivity contribution in [3.8, 4) is 0 Å². The van der Waals surface area contributed by atoms with Gasteiger partial charge in [-0.15, -0.1) is 0 Å². The number of amides is 1. The number of hydrogen-bond acceptors (Lipinski definition) is 2. The molecule has 2 aliphatic rings. The number of nitrogens with zero attached hydrogens (tertiary/aromatic N) is 1. The van der Waals surface area contributed by atoms with Crippen molar-refractivity contribution in [1.29, 1.82) is 0 Å². The first-order valence-corrected chi connectivity index (χ1v) is 7.86. The molecule has 4 nitrogen and oxygen atoms in total. The van der Waals surface area contributed by atoms with Crippen LogP contribution in [0, 0.1) is 0 Å². The Hall–Kier alpha value is -2.33. The zero-order valence-corrected chi connectivity index (χ0v) is 13.2. The van der Waals surface area contributed by atoms with Crippen LogP contribution >= 0.6 is 11.6 Å². The summed E-state index contributed by atoms with van der Waals surface area (Å²) in [4.78, 5) is 26.1. The van der Waals surface area contributed by atoms with Crippen LogP contribution in [0.15, 0.2) is 36.4 Å². The van der Waals surface area contributed by atoms with E-state index < -0.39 is 5.97 Å². The molecule has 0 saturated heterocycles. The number of carbonyl (C=O) groups is 2. The lowest BCUT2D eigenvalue weighted by Crippen LogP contribution is -2.33. The molecule has 0 radical (unpaired) electrons. The van der Waals surface area contributed by atoms with Crippen molar-refractivity contribution in [1.82, 2.24) is 0 Å². The second-order valence-electron chi connectivity index (χ2n) is 6.11. The molecule has 2 atom stereocenters. The minimum absolute atomic E-state index is 0.0741. The van der Waals surface area contributed by atoms with Gasteiger partial charge >= 0.3 is 5.97 Å². The Morgan fingerprint density at radius 3 is 2.78 bits per heavy atom. The summed E-state index contributed by atoms with van der Waals surface area (Å²) in [6, 6.07) is 10.5. The summed E-state index contributed by atoms with van der Waals surface area (Å²) in [7, 11) is 0. The van der Waals surface area contributed by atoms with Gasteiger partial charge in [-0.05, 0) is 47.7 Å². The largest absolute Gasteiger partial charge is 0.478 e. The second kappa shape index (κ2) is 4.83. The average molecular weight is 328 g/mol. The zero-order chi connectivity index (χ0) is 16.3. The summed E-state index contributed by atoms with van der Waals surface area (Å²) in [5.74, 6) is -1.06. The number of anilines is 1. The maximum atomic E-state index is 12.9. The fraction of sp³-hybridized carbons (Fsp3) is 0.222. The van der Waals surface area contributed by atoms with E-state index in [4.69, 9.17) is 11.6 Å². The van der Waals surface area contributed by atoms with Crippen LogP contribution in [-0.4, -0.2) is 17.0 Å². The SMILES string of the molecule is CC1C[C@H]2c3cccc(C(=O)O)c3C(=O)N2c2ccc(Cl)cc21. The molecule has 2 aromatic rings. The second-order valence-corrected chi connectivity index (χ2v) is 6.54. The highest BCUT2D eigenvalue weighted by molar-refractivity contribution is 6.30. The van der Waals surface area contributed by atoms with Crippen molar-refractivity contribution >= 4 is 29.2 Å². The van der Waals surface area contributed by atoms with Crippen molar-refractivity contribution in [2.75, 3.05) is 4.90 Å². The van der Waals surface area contributed by atoms with Gasteiger partial charge in [0.1, 0.15) is 0 Å². The van der Waals surface area contributed by atoms with E-state index in [0.717, 1.165) is 23.2 Å². The van der Waals surface area contributed by atoms with Gasteiger partial charge in [-0.25, -0.2) is 4.79 Å². The quantitative estimate of drug-likeness (QED) is 0.852. The molecular formula is C18H14ClNO3. The summed E-state index contributed by atoms with van der Waals surface area (Å²) in [5, 5.41) is 10.0. The predicted molar refractivity (Wildman–Crippen MR) is 87.4 cm³/mol. The topological polar surface area (TPSA) is 57.6 Å². The van der Waals surface area contributed by atoms with Crippen molar-refractivity contribution < 1.29 is 14.7 Å². The van der Waals surface area contributed by atoms with Crippen LogP contribution in [0.2, 0.25) is 5.02 Å². The molecule has 116 valence electrons. The molecule has 1 unspecified atom stereocenters. The normalized spacial score (nSPS) is 21.7. The summed E-state index contributed by atoms with van der Waals surface area (Å²) < 4.78 is 0. The molecule has 0 spiro atoms. The first kappa shape index (κ1) is 14.3. The number of halogens is 1. The standard InChI is InChI=1S/C18H14ClNO3/c1-9-7-15-11-3-2-4-12(18(22)23)16(11)17(21)20(15)14-6-5-10(19)8-13(9)14/h2-6,8-9,15H,7H2,1H3,(H,22,23)/t9?,15-/m0/s1. The fourth-order valence-electron chi connectivity index (χ4n) is 3.78. The van der Waals surface area contributed by atoms with Crippen LogP contribution < -0.4 is 4.90 Å². The summed E-state index contributed by atoms with van der Waals surface area (Å²) in [6.07, 6.45) is 0.759. The molecule has 1 amide bonds. The third-order valence-corrected chi connectivity index (χ3v) is 5.02. The Kier molecular flexibility index (Phi) is 3.00. The summed E-state index contributed by atoms with van der Waals surface area (Å²) in [6.45, 7) is 2.11. The number of fused-ring (bicyclic) bond motifs is 5. The Morgan fingerprint density at radius 2 is 2.04 bits per heavy atom. The molecule has 0 saturated carbocycles. The smallest absolute Gasteiger partial charge is 0.336 e. The van der Waals surface area contributed by atoms with Crippen molar-refractivity contribution in [2.24, 2.45) is 0 Å². The third kappa shape index (κ3) is 1.91. The van der Waals surface area contributed by atoms with Gasteiger partial charge in [0, 0.05) is 10.7 Å². The first-order valence-electron chi connectivity index (χ1n) is 7.48. The molecule has 0 aliphatic carbocycles. The molecule has 2 aromatic carbocycles. The van der Waals surface area contributed by atoms with Gasteiger partial charge in [0.15, 0.2) is 0 Å². The highest BCUT2D eigenvalue weighted by Crippen LogP contribution is 2.50. The fourth-order valence-corrected chi connectivity index (χ4v) is 3.96. The van der Waals surface area contributed by atoms with Crippen LogP contribution in [0.5, 0.6) is 0 Å². The predicted octanol–water partition coefficient (Wildman–Crippen LogP) is 4.25. The summed E-state index contributed by atoms with van der Waals surface area (Å²) >= 11 is 6.10. The van der Waals surface area contributed by atoms with Gasteiger partial charge in [0.25, 0.3) is 5.91 Å². The highest BCUT2D eigenvalue weighted by atomic mass is 35.5. The lowest BCUT2D eigenvalue weighted by atomic mass is 9.85. The molecule has 0 fully saturated rings. The lowest BCUT2D eigenvalue weighted by Gasteiger charge is -2.36. The molecule has 0 bridgehead atoms. The maximum absolute atomic E-state index is 12.9. The minimum atomic E-state index is -1.07. The number of rotatable bonds is 1. The van der Waals surface area contributed by atoms with Gasteiger partial charge in [-0.2, -0.15) is 0 Å². The lowest BCUT2D eigenvalue weighted by molar-refractivity contribution is 0.0692. The van der Waals surface area contributed by atoms with Crippen LogP contribution in [0.1, 0.15) is 57.1 Å². The van der Waals surface area contributed by atoms with E-state index in [1.54, 1.807) is 17.0 Å². The van der Waals surface area contributed by atoms with E-state index >= 15 is 0 Å². The molecule has 2 heterocycles. The summed E-state index contributed by atoms with van der Waals surface area (Å²) in [5.41, 5.74) is 3.06. The third-order valence-electron chi connectivity index (χ3n) is 4.79. The van der Waals surface area contributed by atoms with E-state index in [-0.39, 0.29) is 23.4 Å². The number of aromatic carboxylic acids is 1. The number of benzene rings is 2. The first-order chi connectivity index (χ1) is 11.0. The van der Waals surface area contributed by atoms with Gasteiger partial charge < -0.3 is 10.0 Å². The van der Waals surface area contributed by atoms with Crippen molar-refractivity contribution in [2.45, 2.75) is 25.3 Å². The number of carbonyl (C=O) groups excluding carboxylic acids is 1. The maximum Gasteiger partial charge on any atom is 0.336 e. The number of carboxylic acid groups (broad SMARTS) is 1. The Morgan fingerprint density at radius 1 is 1.26 bits per heavy atom. The molecular weight excluding hydrogens is 314 g/mol. The number of carboxylic acids is 1. The van der Waals surface area contributed by atoms with Gasteiger partial charge in [0.05, 0.1) is 17.2 Å². The van der Waals surface area contributed by atoms with Crippen molar-refractivity contribution in [3.63, 3.8) is 0 Å².